The van der Waals surface area contributed by atoms with Gasteiger partial charge in [-0.15, -0.1) is 0 Å². The van der Waals surface area contributed by atoms with E-state index in [9.17, 15) is 9.59 Å². The number of amides is 2. The van der Waals surface area contributed by atoms with E-state index in [4.69, 9.17) is 9.47 Å². The highest BCUT2D eigenvalue weighted by Crippen LogP contribution is 2.25. The number of benzene rings is 4. The number of rotatable bonds is 6. The highest BCUT2D eigenvalue weighted by Gasteiger charge is 2.09. The molecular weight excluding hydrogens is 380 g/mol. The molecule has 0 saturated carbocycles. The Bertz CT molecular complexity index is 1100. The Morgan fingerprint density at radius 1 is 0.567 bits per heavy atom. The Morgan fingerprint density at radius 3 is 1.43 bits per heavy atom. The third kappa shape index (κ3) is 4.50. The molecule has 0 aliphatic carbocycles. The van der Waals surface area contributed by atoms with Gasteiger partial charge >= 0.3 is 0 Å². The van der Waals surface area contributed by atoms with Gasteiger partial charge in [-0.05, 0) is 22.9 Å². The van der Waals surface area contributed by atoms with Crippen LogP contribution in [-0.4, -0.2) is 25.0 Å². The van der Waals surface area contributed by atoms with Crippen LogP contribution in [0.25, 0.3) is 21.5 Å². The van der Waals surface area contributed by atoms with Crippen molar-refractivity contribution >= 4 is 33.4 Å². The normalized spacial score (nSPS) is 10.5. The molecule has 0 fully saturated rings. The van der Waals surface area contributed by atoms with Gasteiger partial charge in [0.1, 0.15) is 11.5 Å². The van der Waals surface area contributed by atoms with Gasteiger partial charge in [0.15, 0.2) is 13.2 Å². The van der Waals surface area contributed by atoms with Gasteiger partial charge in [-0.1, -0.05) is 72.8 Å². The van der Waals surface area contributed by atoms with E-state index < -0.39 is 11.8 Å². The summed E-state index contributed by atoms with van der Waals surface area (Å²) in [5, 5.41) is 3.88. The fourth-order valence-corrected chi connectivity index (χ4v) is 3.14. The Morgan fingerprint density at radius 2 is 0.967 bits per heavy atom. The summed E-state index contributed by atoms with van der Waals surface area (Å²) in [6.07, 6.45) is 0. The van der Waals surface area contributed by atoms with Gasteiger partial charge in [0.2, 0.25) is 0 Å². The van der Waals surface area contributed by atoms with Crippen molar-refractivity contribution in [3.63, 3.8) is 0 Å². The van der Waals surface area contributed by atoms with Crippen LogP contribution in [0.5, 0.6) is 11.5 Å². The smallest absolute Gasteiger partial charge is 0.276 e. The Balaban J connectivity index is 1.26. The van der Waals surface area contributed by atoms with Gasteiger partial charge in [-0.3, -0.25) is 20.4 Å². The fraction of sp³-hybridized carbons (Fsp3) is 0.0833. The molecule has 150 valence electrons. The van der Waals surface area contributed by atoms with E-state index >= 15 is 0 Å². The van der Waals surface area contributed by atoms with Crippen molar-refractivity contribution in [2.45, 2.75) is 0 Å². The zero-order valence-corrected chi connectivity index (χ0v) is 16.1. The van der Waals surface area contributed by atoms with E-state index in [0.29, 0.717) is 11.5 Å². The molecule has 0 aromatic heterocycles. The molecule has 6 nitrogen and oxygen atoms in total. The average Bonchev–Trinajstić information content (AvgIpc) is 2.80. The molecule has 30 heavy (non-hydrogen) atoms. The van der Waals surface area contributed by atoms with Crippen LogP contribution in [0.3, 0.4) is 0 Å². The Hall–Kier alpha value is -4.06. The predicted octanol–water partition coefficient (Wildman–Crippen LogP) is 3.60. The number of carbonyl (C=O) groups is 2. The van der Waals surface area contributed by atoms with Gasteiger partial charge < -0.3 is 9.47 Å². The van der Waals surface area contributed by atoms with Crippen LogP contribution in [0.15, 0.2) is 84.9 Å². The van der Waals surface area contributed by atoms with Crippen molar-refractivity contribution in [2.24, 2.45) is 0 Å². The molecule has 0 saturated heterocycles. The number of hydrazine groups is 1. The molecule has 0 heterocycles. The topological polar surface area (TPSA) is 76.7 Å². The minimum atomic E-state index is -0.471. The Labute approximate surface area is 173 Å². The maximum Gasteiger partial charge on any atom is 0.276 e. The molecule has 0 atom stereocenters. The summed E-state index contributed by atoms with van der Waals surface area (Å²) in [5.41, 5.74) is 4.66. The lowest BCUT2D eigenvalue weighted by Crippen LogP contribution is -2.45. The molecule has 4 aromatic rings. The maximum atomic E-state index is 12.0. The first-order chi connectivity index (χ1) is 14.7. The summed E-state index contributed by atoms with van der Waals surface area (Å²) in [7, 11) is 0. The lowest BCUT2D eigenvalue weighted by molar-refractivity contribution is -0.130. The van der Waals surface area contributed by atoms with Crippen LogP contribution >= 0.6 is 0 Å². The second-order valence-corrected chi connectivity index (χ2v) is 6.63. The summed E-state index contributed by atoms with van der Waals surface area (Å²) in [6.45, 7) is -0.447. The first-order valence-corrected chi connectivity index (χ1v) is 9.49. The molecular formula is C24H20N2O4. The average molecular weight is 400 g/mol. The van der Waals surface area contributed by atoms with E-state index in [2.05, 4.69) is 10.9 Å². The third-order valence-electron chi connectivity index (χ3n) is 4.56. The molecule has 4 aromatic carbocycles. The third-order valence-corrected chi connectivity index (χ3v) is 4.56. The minimum Gasteiger partial charge on any atom is -0.483 e. The Kier molecular flexibility index (Phi) is 5.75. The number of hydrogen-bond donors (Lipinski definition) is 2. The lowest BCUT2D eigenvalue weighted by atomic mass is 10.1. The number of ether oxygens (including phenoxy) is 2. The minimum absolute atomic E-state index is 0.224. The molecule has 0 aliphatic rings. The number of hydrogen-bond acceptors (Lipinski definition) is 4. The van der Waals surface area contributed by atoms with E-state index in [1.54, 1.807) is 12.1 Å². The van der Waals surface area contributed by atoms with Gasteiger partial charge in [-0.25, -0.2) is 0 Å². The van der Waals surface area contributed by atoms with Crippen LogP contribution < -0.4 is 20.3 Å². The number of nitrogens with one attached hydrogen (secondary N) is 2. The zero-order valence-electron chi connectivity index (χ0n) is 16.1. The van der Waals surface area contributed by atoms with E-state index in [1.165, 1.54) is 0 Å². The lowest BCUT2D eigenvalue weighted by Gasteiger charge is -2.12. The number of fused-ring (bicyclic) bond motifs is 2. The summed E-state index contributed by atoms with van der Waals surface area (Å²) < 4.78 is 11.2. The van der Waals surface area contributed by atoms with Crippen LogP contribution in [0, 0.1) is 0 Å². The van der Waals surface area contributed by atoms with Crippen molar-refractivity contribution in [3.05, 3.63) is 84.9 Å². The quantitative estimate of drug-likeness (QED) is 0.485. The van der Waals surface area contributed by atoms with Crippen LogP contribution in [0.2, 0.25) is 0 Å². The summed E-state index contributed by atoms with van der Waals surface area (Å²) in [5.74, 6) is 0.269. The SMILES string of the molecule is O=C(COc1cccc2ccccc12)NNC(=O)COc1cccc2ccccc12. The first kappa shape index (κ1) is 19.3. The van der Waals surface area contributed by atoms with Crippen molar-refractivity contribution in [1.82, 2.24) is 10.9 Å². The van der Waals surface area contributed by atoms with Crippen molar-refractivity contribution in [3.8, 4) is 11.5 Å². The highest BCUT2D eigenvalue weighted by molar-refractivity contribution is 5.90. The van der Waals surface area contributed by atoms with Gasteiger partial charge in [0.25, 0.3) is 11.8 Å². The molecule has 0 bridgehead atoms. The molecule has 0 aliphatic heterocycles. The monoisotopic (exact) mass is 400 g/mol. The van der Waals surface area contributed by atoms with Crippen LogP contribution in [0.4, 0.5) is 0 Å². The molecule has 2 amide bonds. The van der Waals surface area contributed by atoms with E-state index in [0.717, 1.165) is 21.5 Å². The van der Waals surface area contributed by atoms with Gasteiger partial charge in [-0.2, -0.15) is 0 Å². The van der Waals surface area contributed by atoms with Gasteiger partial charge in [0, 0.05) is 10.8 Å². The molecule has 6 heteroatoms. The zero-order chi connectivity index (χ0) is 20.8. The van der Waals surface area contributed by atoms with Crippen molar-refractivity contribution in [2.75, 3.05) is 13.2 Å². The second kappa shape index (κ2) is 8.96. The summed E-state index contributed by atoms with van der Waals surface area (Å²) in [6, 6.07) is 26.8. The van der Waals surface area contributed by atoms with Crippen LogP contribution in [-0.2, 0) is 9.59 Å². The summed E-state index contributed by atoms with van der Waals surface area (Å²) >= 11 is 0. The van der Waals surface area contributed by atoms with E-state index in [1.807, 2.05) is 72.8 Å². The second-order valence-electron chi connectivity index (χ2n) is 6.63. The van der Waals surface area contributed by atoms with E-state index in [-0.39, 0.29) is 13.2 Å². The largest absolute Gasteiger partial charge is 0.483 e. The van der Waals surface area contributed by atoms with Crippen molar-refractivity contribution in [1.29, 1.82) is 0 Å². The first-order valence-electron chi connectivity index (χ1n) is 9.49. The molecule has 4 rings (SSSR count). The van der Waals surface area contributed by atoms with Crippen molar-refractivity contribution < 1.29 is 19.1 Å². The molecule has 0 unspecified atom stereocenters. The summed E-state index contributed by atoms with van der Waals surface area (Å²) in [4.78, 5) is 24.0. The fourth-order valence-electron chi connectivity index (χ4n) is 3.14. The molecule has 2 N–H and O–H groups in total. The number of carbonyl (C=O) groups excluding carboxylic acids is 2. The predicted molar refractivity (Wildman–Crippen MR) is 115 cm³/mol. The standard InChI is InChI=1S/C24H20N2O4/c27-23(15-29-21-13-5-9-17-7-1-3-11-19(17)21)25-26-24(28)16-30-22-14-6-10-18-8-2-4-12-20(18)22/h1-14H,15-16H2,(H,25,27)(H,26,28). The van der Waals surface area contributed by atoms with Gasteiger partial charge in [0.05, 0.1) is 0 Å². The highest BCUT2D eigenvalue weighted by atomic mass is 16.5. The molecule has 0 radical (unpaired) electrons. The molecule has 0 spiro atoms. The van der Waals surface area contributed by atoms with Crippen LogP contribution in [0.1, 0.15) is 0 Å². The maximum absolute atomic E-state index is 12.0.